The number of aliphatic hydroxyl groups is 1. The van der Waals surface area contributed by atoms with Gasteiger partial charge in [-0.25, -0.2) is 4.79 Å². The van der Waals surface area contributed by atoms with E-state index >= 15 is 0 Å². The number of carbonyl (C=O) groups is 2. The SMILES string of the molecule is CC1=C2C(OC(=O)CCCc3ccccc3)C3(c4ccccc4)CC(OC(=O)CO)C(C)(O3)C2CC1. The van der Waals surface area contributed by atoms with Crippen LogP contribution in [0.5, 0.6) is 0 Å². The molecule has 1 aliphatic carbocycles. The molecule has 6 nitrogen and oxygen atoms in total. The molecule has 0 amide bonds. The molecule has 6 heteroatoms. The standard InChI is InChI=1S/C30H34O6/c1-20-16-17-23-27(20)28(35-25(32)15-9-12-21-10-5-3-6-11-21)30(22-13-7-4-8-14-22)18-24(29(23,2)36-30)34-26(33)19-31/h3-8,10-11,13-14,23-24,28,31H,9,12,15-19H2,1-2H3. The summed E-state index contributed by atoms with van der Waals surface area (Å²) in [5.74, 6) is -0.953. The Balaban J connectivity index is 1.46. The fourth-order valence-corrected chi connectivity index (χ4v) is 6.48. The van der Waals surface area contributed by atoms with Gasteiger partial charge in [-0.3, -0.25) is 4.79 Å². The summed E-state index contributed by atoms with van der Waals surface area (Å²) in [6.07, 6.45) is 2.74. The topological polar surface area (TPSA) is 82.1 Å². The summed E-state index contributed by atoms with van der Waals surface area (Å²) in [6, 6.07) is 19.9. The van der Waals surface area contributed by atoms with Crippen LogP contribution >= 0.6 is 0 Å². The van der Waals surface area contributed by atoms with Gasteiger partial charge in [0.25, 0.3) is 0 Å². The van der Waals surface area contributed by atoms with Crippen molar-refractivity contribution in [3.8, 4) is 0 Å². The second-order valence-electron chi connectivity index (χ2n) is 10.4. The maximum Gasteiger partial charge on any atom is 0.332 e. The molecular formula is C30H34O6. The van der Waals surface area contributed by atoms with E-state index in [-0.39, 0.29) is 11.9 Å². The fourth-order valence-electron chi connectivity index (χ4n) is 6.48. The van der Waals surface area contributed by atoms with Crippen molar-refractivity contribution in [3.05, 3.63) is 82.9 Å². The van der Waals surface area contributed by atoms with Crippen LogP contribution in [0.4, 0.5) is 0 Å². The van der Waals surface area contributed by atoms with Crippen molar-refractivity contribution in [1.82, 2.24) is 0 Å². The van der Waals surface area contributed by atoms with Gasteiger partial charge in [0.15, 0.2) is 6.10 Å². The molecule has 5 rings (SSSR count). The van der Waals surface area contributed by atoms with Crippen molar-refractivity contribution in [2.45, 2.75) is 75.8 Å². The Kier molecular flexibility index (Phi) is 6.75. The Morgan fingerprint density at radius 2 is 1.72 bits per heavy atom. The summed E-state index contributed by atoms with van der Waals surface area (Å²) >= 11 is 0. The van der Waals surface area contributed by atoms with Gasteiger partial charge in [-0.15, -0.1) is 0 Å². The van der Waals surface area contributed by atoms with E-state index in [1.165, 1.54) is 11.1 Å². The summed E-state index contributed by atoms with van der Waals surface area (Å²) < 4.78 is 19.0. The van der Waals surface area contributed by atoms with Crippen LogP contribution < -0.4 is 0 Å². The zero-order valence-electron chi connectivity index (χ0n) is 20.9. The normalized spacial score (nSPS) is 30.7. The molecule has 2 fully saturated rings. The van der Waals surface area contributed by atoms with Crippen molar-refractivity contribution in [3.63, 3.8) is 0 Å². The quantitative estimate of drug-likeness (QED) is 0.429. The van der Waals surface area contributed by atoms with Gasteiger partial charge in [0, 0.05) is 18.8 Å². The lowest BCUT2D eigenvalue weighted by Crippen LogP contribution is -2.55. The summed E-state index contributed by atoms with van der Waals surface area (Å²) in [5.41, 5.74) is 2.66. The van der Waals surface area contributed by atoms with E-state index in [2.05, 4.69) is 19.1 Å². The van der Waals surface area contributed by atoms with Crippen molar-refractivity contribution >= 4 is 11.9 Å². The second-order valence-corrected chi connectivity index (χ2v) is 10.4. The molecule has 5 unspecified atom stereocenters. The molecule has 36 heavy (non-hydrogen) atoms. The van der Waals surface area contributed by atoms with Crippen LogP contribution in [0.2, 0.25) is 0 Å². The number of hydrogen-bond donors (Lipinski definition) is 1. The molecule has 0 radical (unpaired) electrons. The van der Waals surface area contributed by atoms with Crippen LogP contribution in [0.15, 0.2) is 71.8 Å². The van der Waals surface area contributed by atoms with Gasteiger partial charge in [-0.1, -0.05) is 66.2 Å². The number of hydrogen-bond acceptors (Lipinski definition) is 6. The van der Waals surface area contributed by atoms with E-state index in [9.17, 15) is 14.7 Å². The van der Waals surface area contributed by atoms with Crippen molar-refractivity contribution in [2.24, 2.45) is 5.92 Å². The molecule has 2 aromatic carbocycles. The lowest BCUT2D eigenvalue weighted by atomic mass is 9.75. The Labute approximate surface area is 212 Å². The third-order valence-electron chi connectivity index (χ3n) is 8.21. The zero-order valence-corrected chi connectivity index (χ0v) is 20.9. The first-order valence-electron chi connectivity index (χ1n) is 12.9. The number of carbonyl (C=O) groups excluding carboxylic acids is 2. The fraction of sp³-hybridized carbons (Fsp3) is 0.467. The summed E-state index contributed by atoms with van der Waals surface area (Å²) in [5, 5.41) is 9.37. The molecule has 2 saturated heterocycles. The molecule has 190 valence electrons. The number of benzene rings is 2. The predicted molar refractivity (Wildman–Crippen MR) is 134 cm³/mol. The van der Waals surface area contributed by atoms with Crippen LogP contribution in [0.1, 0.15) is 57.1 Å². The molecule has 0 aromatic heterocycles. The van der Waals surface area contributed by atoms with Crippen LogP contribution in [0, 0.1) is 5.92 Å². The molecule has 0 spiro atoms. The first-order valence-corrected chi connectivity index (χ1v) is 12.9. The van der Waals surface area contributed by atoms with E-state index < -0.39 is 36.0 Å². The van der Waals surface area contributed by atoms with E-state index in [1.54, 1.807) is 0 Å². The third kappa shape index (κ3) is 4.27. The van der Waals surface area contributed by atoms with Crippen LogP contribution in [-0.2, 0) is 35.8 Å². The lowest BCUT2D eigenvalue weighted by Gasteiger charge is -2.48. The van der Waals surface area contributed by atoms with Gasteiger partial charge in [0.2, 0.25) is 0 Å². The number of ether oxygens (including phenoxy) is 3. The van der Waals surface area contributed by atoms with Gasteiger partial charge in [-0.2, -0.15) is 0 Å². The highest BCUT2D eigenvalue weighted by molar-refractivity contribution is 5.71. The van der Waals surface area contributed by atoms with Gasteiger partial charge in [0.05, 0.1) is 0 Å². The van der Waals surface area contributed by atoms with E-state index in [0.29, 0.717) is 19.3 Å². The molecule has 2 heterocycles. The number of aliphatic hydroxyl groups excluding tert-OH is 1. The highest BCUT2D eigenvalue weighted by Crippen LogP contribution is 2.62. The number of allylic oxidation sites excluding steroid dienone is 1. The van der Waals surface area contributed by atoms with Crippen molar-refractivity contribution in [2.75, 3.05) is 6.61 Å². The van der Waals surface area contributed by atoms with E-state index in [4.69, 9.17) is 14.2 Å². The molecule has 2 aromatic rings. The average molecular weight is 491 g/mol. The van der Waals surface area contributed by atoms with Gasteiger partial charge >= 0.3 is 11.9 Å². The number of aryl methyl sites for hydroxylation is 1. The monoisotopic (exact) mass is 490 g/mol. The molecule has 2 aliphatic heterocycles. The maximum atomic E-state index is 13.2. The molecule has 2 bridgehead atoms. The Bertz CT molecular complexity index is 1140. The van der Waals surface area contributed by atoms with Crippen molar-refractivity contribution < 1.29 is 28.9 Å². The largest absolute Gasteiger partial charge is 0.457 e. The molecule has 5 atom stereocenters. The Morgan fingerprint density at radius 1 is 1.03 bits per heavy atom. The molecule has 3 aliphatic rings. The second kappa shape index (κ2) is 9.83. The van der Waals surface area contributed by atoms with E-state index in [0.717, 1.165) is 30.4 Å². The number of esters is 2. The van der Waals surface area contributed by atoms with E-state index in [1.807, 2.05) is 55.5 Å². The molecule has 1 N–H and O–H groups in total. The third-order valence-corrected chi connectivity index (χ3v) is 8.21. The Hall–Kier alpha value is -2.96. The minimum atomic E-state index is -0.969. The Morgan fingerprint density at radius 3 is 2.42 bits per heavy atom. The minimum Gasteiger partial charge on any atom is -0.457 e. The van der Waals surface area contributed by atoms with Gasteiger partial charge < -0.3 is 19.3 Å². The highest BCUT2D eigenvalue weighted by atomic mass is 16.6. The summed E-state index contributed by atoms with van der Waals surface area (Å²) in [7, 11) is 0. The van der Waals surface area contributed by atoms with Crippen LogP contribution in [0.3, 0.4) is 0 Å². The smallest absolute Gasteiger partial charge is 0.332 e. The molecular weight excluding hydrogens is 456 g/mol. The van der Waals surface area contributed by atoms with Crippen LogP contribution in [0.25, 0.3) is 0 Å². The summed E-state index contributed by atoms with van der Waals surface area (Å²) in [4.78, 5) is 25.4. The van der Waals surface area contributed by atoms with Crippen molar-refractivity contribution in [1.29, 1.82) is 0 Å². The number of fused-ring (bicyclic) bond motifs is 4. The average Bonchev–Trinajstić information content (AvgIpc) is 3.40. The van der Waals surface area contributed by atoms with Crippen LogP contribution in [-0.4, -0.2) is 41.5 Å². The highest BCUT2D eigenvalue weighted by Gasteiger charge is 2.69. The van der Waals surface area contributed by atoms with Gasteiger partial charge in [0.1, 0.15) is 23.9 Å². The minimum absolute atomic E-state index is 0.0320. The van der Waals surface area contributed by atoms with Gasteiger partial charge in [-0.05, 0) is 56.2 Å². The zero-order chi connectivity index (χ0) is 25.3. The number of rotatable bonds is 8. The predicted octanol–water partition coefficient (Wildman–Crippen LogP) is 4.64. The summed E-state index contributed by atoms with van der Waals surface area (Å²) in [6.45, 7) is 3.42. The first kappa shape index (κ1) is 24.7. The first-order chi connectivity index (χ1) is 17.4. The maximum absolute atomic E-state index is 13.2. The molecule has 0 saturated carbocycles. The lowest BCUT2D eigenvalue weighted by molar-refractivity contribution is -0.217.